The summed E-state index contributed by atoms with van der Waals surface area (Å²) < 4.78 is 45.9. The van der Waals surface area contributed by atoms with Crippen LogP contribution in [-0.2, 0) is 11.2 Å². The zero-order valence-electron chi connectivity index (χ0n) is 10.9. The second kappa shape index (κ2) is 6.43. The lowest BCUT2D eigenvalue weighted by atomic mass is 10.0. The van der Waals surface area contributed by atoms with Crippen LogP contribution in [0.4, 0.5) is 13.2 Å². The SMILES string of the molecule is NNC(CCOCC(F)(F)F)c1ccc2c(c1)CCO2. The Morgan fingerprint density at radius 3 is 2.90 bits per heavy atom. The first-order chi connectivity index (χ1) is 9.49. The zero-order valence-corrected chi connectivity index (χ0v) is 10.9. The fraction of sp³-hybridized carbons (Fsp3) is 0.538. The van der Waals surface area contributed by atoms with E-state index in [-0.39, 0.29) is 12.6 Å². The molecule has 1 heterocycles. The first kappa shape index (κ1) is 15.1. The van der Waals surface area contributed by atoms with Crippen LogP contribution in [0, 0.1) is 0 Å². The number of benzene rings is 1. The van der Waals surface area contributed by atoms with Gasteiger partial charge in [-0.15, -0.1) is 0 Å². The minimum absolute atomic E-state index is 0.0119. The molecular formula is C13H17F3N2O2. The van der Waals surface area contributed by atoms with Crippen molar-refractivity contribution in [3.8, 4) is 5.75 Å². The lowest BCUT2D eigenvalue weighted by Gasteiger charge is -2.17. The van der Waals surface area contributed by atoms with Crippen LogP contribution in [0.1, 0.15) is 23.6 Å². The Bertz CT molecular complexity index is 452. The van der Waals surface area contributed by atoms with Crippen LogP contribution in [0.25, 0.3) is 0 Å². The van der Waals surface area contributed by atoms with Gasteiger partial charge < -0.3 is 9.47 Å². The smallest absolute Gasteiger partial charge is 0.411 e. The number of ether oxygens (including phenoxy) is 2. The fourth-order valence-corrected chi connectivity index (χ4v) is 2.16. The highest BCUT2D eigenvalue weighted by molar-refractivity contribution is 5.40. The minimum atomic E-state index is -4.30. The summed E-state index contributed by atoms with van der Waals surface area (Å²) in [6.45, 7) is -0.585. The van der Waals surface area contributed by atoms with Gasteiger partial charge in [0.15, 0.2) is 0 Å². The lowest BCUT2D eigenvalue weighted by molar-refractivity contribution is -0.174. The summed E-state index contributed by atoms with van der Waals surface area (Å²) in [5.41, 5.74) is 4.62. The Hall–Kier alpha value is -1.31. The molecule has 0 amide bonds. The van der Waals surface area contributed by atoms with Gasteiger partial charge in [-0.1, -0.05) is 12.1 Å². The van der Waals surface area contributed by atoms with E-state index in [4.69, 9.17) is 10.6 Å². The highest BCUT2D eigenvalue weighted by Gasteiger charge is 2.27. The van der Waals surface area contributed by atoms with Crippen molar-refractivity contribution in [2.75, 3.05) is 19.8 Å². The van der Waals surface area contributed by atoms with Gasteiger partial charge in [0.1, 0.15) is 12.4 Å². The van der Waals surface area contributed by atoms with Crippen molar-refractivity contribution in [2.45, 2.75) is 25.1 Å². The molecule has 4 nitrogen and oxygen atoms in total. The summed E-state index contributed by atoms with van der Waals surface area (Å²) in [5, 5.41) is 0. The Morgan fingerprint density at radius 2 is 2.20 bits per heavy atom. The summed E-state index contributed by atoms with van der Waals surface area (Å²) in [6.07, 6.45) is -3.09. The number of hydrogen-bond donors (Lipinski definition) is 2. The second-order valence-corrected chi connectivity index (χ2v) is 4.64. The Kier molecular flexibility index (Phi) is 4.85. The maximum atomic E-state index is 12.0. The third-order valence-electron chi connectivity index (χ3n) is 3.13. The highest BCUT2D eigenvalue weighted by atomic mass is 19.4. The Labute approximate surface area is 115 Å². The van der Waals surface area contributed by atoms with E-state index in [0.717, 1.165) is 23.3 Å². The van der Waals surface area contributed by atoms with Crippen molar-refractivity contribution < 1.29 is 22.6 Å². The van der Waals surface area contributed by atoms with Crippen LogP contribution < -0.4 is 16.0 Å². The summed E-state index contributed by atoms with van der Waals surface area (Å²) in [4.78, 5) is 0. The van der Waals surface area contributed by atoms with E-state index in [1.807, 2.05) is 18.2 Å². The molecule has 2 rings (SSSR count). The van der Waals surface area contributed by atoms with E-state index in [1.165, 1.54) is 0 Å². The monoisotopic (exact) mass is 290 g/mol. The van der Waals surface area contributed by atoms with E-state index >= 15 is 0 Å². The maximum Gasteiger partial charge on any atom is 0.411 e. The molecule has 0 aromatic heterocycles. The van der Waals surface area contributed by atoms with Gasteiger partial charge in [-0.25, -0.2) is 0 Å². The van der Waals surface area contributed by atoms with Gasteiger partial charge in [0.05, 0.1) is 6.61 Å². The predicted octanol–water partition coefficient (Wildman–Crippen LogP) is 2.09. The standard InChI is InChI=1S/C13H17F3N2O2/c14-13(15,16)8-19-5-4-11(18-17)9-1-2-12-10(7-9)3-6-20-12/h1-2,7,11,18H,3-6,8,17H2. The molecule has 1 atom stereocenters. The van der Waals surface area contributed by atoms with Crippen molar-refractivity contribution in [2.24, 2.45) is 5.84 Å². The molecule has 0 aliphatic carbocycles. The summed E-state index contributed by atoms with van der Waals surface area (Å²) in [6, 6.07) is 5.45. The van der Waals surface area contributed by atoms with Gasteiger partial charge in [-0.2, -0.15) is 13.2 Å². The van der Waals surface area contributed by atoms with Crippen LogP contribution in [0.15, 0.2) is 18.2 Å². The largest absolute Gasteiger partial charge is 0.493 e. The number of fused-ring (bicyclic) bond motifs is 1. The summed E-state index contributed by atoms with van der Waals surface area (Å²) >= 11 is 0. The first-order valence-electron chi connectivity index (χ1n) is 6.36. The van der Waals surface area contributed by atoms with Gasteiger partial charge >= 0.3 is 6.18 Å². The maximum absolute atomic E-state index is 12.0. The molecule has 1 aromatic carbocycles. The van der Waals surface area contributed by atoms with Gasteiger partial charge in [-0.3, -0.25) is 11.3 Å². The predicted molar refractivity (Wildman–Crippen MR) is 67.2 cm³/mol. The van der Waals surface area contributed by atoms with E-state index in [0.29, 0.717) is 13.0 Å². The van der Waals surface area contributed by atoms with Gasteiger partial charge in [0.25, 0.3) is 0 Å². The van der Waals surface area contributed by atoms with E-state index in [1.54, 1.807) is 0 Å². The number of rotatable bonds is 6. The van der Waals surface area contributed by atoms with Crippen molar-refractivity contribution in [1.29, 1.82) is 0 Å². The van der Waals surface area contributed by atoms with Crippen LogP contribution in [0.2, 0.25) is 0 Å². The number of hydrazine groups is 1. The van der Waals surface area contributed by atoms with Gasteiger partial charge in [0, 0.05) is 19.1 Å². The molecule has 1 unspecified atom stereocenters. The number of nitrogens with two attached hydrogens (primary N) is 1. The van der Waals surface area contributed by atoms with Gasteiger partial charge in [-0.05, 0) is 23.6 Å². The van der Waals surface area contributed by atoms with E-state index in [9.17, 15) is 13.2 Å². The van der Waals surface area contributed by atoms with E-state index in [2.05, 4.69) is 10.2 Å². The third-order valence-corrected chi connectivity index (χ3v) is 3.13. The molecule has 1 aliphatic rings. The van der Waals surface area contributed by atoms with Crippen molar-refractivity contribution >= 4 is 0 Å². The number of halogens is 3. The molecule has 112 valence electrons. The number of alkyl halides is 3. The Morgan fingerprint density at radius 1 is 1.40 bits per heavy atom. The molecule has 0 spiro atoms. The molecular weight excluding hydrogens is 273 g/mol. The second-order valence-electron chi connectivity index (χ2n) is 4.64. The normalized spacial score (nSPS) is 15.8. The molecule has 0 saturated heterocycles. The first-order valence-corrected chi connectivity index (χ1v) is 6.36. The summed E-state index contributed by atoms with van der Waals surface area (Å²) in [5.74, 6) is 6.32. The van der Waals surface area contributed by atoms with Crippen molar-refractivity contribution in [3.05, 3.63) is 29.3 Å². The third kappa shape index (κ3) is 4.09. The average Bonchev–Trinajstić information content (AvgIpc) is 2.84. The summed E-state index contributed by atoms with van der Waals surface area (Å²) in [7, 11) is 0. The molecule has 7 heteroatoms. The lowest BCUT2D eigenvalue weighted by Crippen LogP contribution is -2.29. The number of nitrogens with one attached hydrogen (secondary N) is 1. The van der Waals surface area contributed by atoms with E-state index < -0.39 is 12.8 Å². The average molecular weight is 290 g/mol. The van der Waals surface area contributed by atoms with Gasteiger partial charge in [0.2, 0.25) is 0 Å². The molecule has 1 aromatic rings. The molecule has 3 N–H and O–H groups in total. The highest BCUT2D eigenvalue weighted by Crippen LogP contribution is 2.29. The molecule has 0 radical (unpaired) electrons. The molecule has 20 heavy (non-hydrogen) atoms. The topological polar surface area (TPSA) is 56.5 Å². The van der Waals surface area contributed by atoms with Crippen molar-refractivity contribution in [1.82, 2.24) is 5.43 Å². The van der Waals surface area contributed by atoms with Crippen LogP contribution in [0.3, 0.4) is 0 Å². The minimum Gasteiger partial charge on any atom is -0.493 e. The molecule has 0 bridgehead atoms. The van der Waals surface area contributed by atoms with Crippen LogP contribution in [0.5, 0.6) is 5.75 Å². The fourth-order valence-electron chi connectivity index (χ4n) is 2.16. The van der Waals surface area contributed by atoms with Crippen molar-refractivity contribution in [3.63, 3.8) is 0 Å². The van der Waals surface area contributed by atoms with Crippen LogP contribution >= 0.6 is 0 Å². The number of hydrogen-bond acceptors (Lipinski definition) is 4. The molecule has 0 saturated carbocycles. The molecule has 1 aliphatic heterocycles. The Balaban J connectivity index is 1.88. The van der Waals surface area contributed by atoms with Crippen LogP contribution in [-0.4, -0.2) is 26.0 Å². The zero-order chi connectivity index (χ0) is 14.6. The quantitative estimate of drug-likeness (QED) is 0.478. The molecule has 0 fully saturated rings.